The van der Waals surface area contributed by atoms with Gasteiger partial charge in [-0.15, -0.1) is 0 Å². The van der Waals surface area contributed by atoms with Crippen LogP contribution in [0.25, 0.3) is 0 Å². The van der Waals surface area contributed by atoms with E-state index in [4.69, 9.17) is 4.74 Å². The first-order valence-corrected chi connectivity index (χ1v) is 12.3. The average Bonchev–Trinajstić information content (AvgIpc) is 3.28. The van der Waals surface area contributed by atoms with Crippen LogP contribution in [-0.4, -0.2) is 74.6 Å². The van der Waals surface area contributed by atoms with Crippen molar-refractivity contribution in [3.8, 4) is 5.75 Å². The monoisotopic (exact) mass is 459 g/mol. The van der Waals surface area contributed by atoms with Crippen molar-refractivity contribution in [2.45, 2.75) is 30.4 Å². The number of nitrogens with zero attached hydrogens (tertiary/aromatic N) is 3. The lowest BCUT2D eigenvalue weighted by Crippen LogP contribution is -2.45. The molecule has 8 nitrogen and oxygen atoms in total. The summed E-state index contributed by atoms with van der Waals surface area (Å²) < 4.78 is 33.3. The van der Waals surface area contributed by atoms with Gasteiger partial charge in [-0.1, -0.05) is 24.3 Å². The molecule has 1 unspecified atom stereocenters. The first-order chi connectivity index (χ1) is 15.4. The molecule has 9 heteroatoms. The fraction of sp³-hybridized carbons (Fsp3) is 0.435. The van der Waals surface area contributed by atoms with Crippen molar-refractivity contribution in [1.29, 1.82) is 0 Å². The number of para-hydroxylation sites is 1. The van der Waals surface area contributed by atoms with Crippen molar-refractivity contribution in [2.24, 2.45) is 0 Å². The van der Waals surface area contributed by atoms with E-state index in [0.717, 1.165) is 31.5 Å². The highest BCUT2D eigenvalue weighted by atomic mass is 32.2. The third kappa shape index (κ3) is 4.80. The number of rotatable bonds is 7. The molecule has 2 aliphatic heterocycles. The summed E-state index contributed by atoms with van der Waals surface area (Å²) in [6, 6.07) is 13.6. The number of hydrogen-bond donors (Lipinski definition) is 1. The molecular formula is C23H29N3O5S. The van der Waals surface area contributed by atoms with Gasteiger partial charge in [0.25, 0.3) is 0 Å². The van der Waals surface area contributed by atoms with E-state index in [9.17, 15) is 18.3 Å². The second-order valence-corrected chi connectivity index (χ2v) is 10.2. The smallest absolute Gasteiger partial charge is 0.245 e. The Hall–Kier alpha value is -2.46. The highest BCUT2D eigenvalue weighted by molar-refractivity contribution is 7.89. The minimum atomic E-state index is -3.91. The van der Waals surface area contributed by atoms with Crippen LogP contribution in [0, 0.1) is 0 Å². The first-order valence-electron chi connectivity index (χ1n) is 10.8. The second kappa shape index (κ2) is 9.58. The number of anilines is 1. The Balaban J connectivity index is 1.60. The Labute approximate surface area is 189 Å². The molecule has 2 aromatic carbocycles. The largest absolute Gasteiger partial charge is 0.497 e. The highest BCUT2D eigenvalue weighted by Gasteiger charge is 2.37. The maximum atomic E-state index is 13.5. The maximum Gasteiger partial charge on any atom is 0.245 e. The van der Waals surface area contributed by atoms with Gasteiger partial charge in [0.05, 0.1) is 32.0 Å². The topological polar surface area (TPSA) is 90.4 Å². The molecule has 1 N–H and O–H groups in total. The molecular weight excluding hydrogens is 430 g/mol. The minimum absolute atomic E-state index is 0.0538. The zero-order chi connectivity index (χ0) is 22.7. The molecule has 0 aromatic heterocycles. The van der Waals surface area contributed by atoms with Crippen LogP contribution >= 0.6 is 0 Å². The van der Waals surface area contributed by atoms with Gasteiger partial charge >= 0.3 is 0 Å². The Morgan fingerprint density at radius 2 is 1.72 bits per heavy atom. The van der Waals surface area contributed by atoms with Crippen molar-refractivity contribution < 1.29 is 23.1 Å². The highest BCUT2D eigenvalue weighted by Crippen LogP contribution is 2.32. The van der Waals surface area contributed by atoms with Crippen LogP contribution in [0.4, 0.5) is 5.69 Å². The number of benzene rings is 2. The molecule has 1 fully saturated rings. The van der Waals surface area contributed by atoms with Crippen molar-refractivity contribution in [2.75, 3.05) is 44.7 Å². The molecule has 1 saturated heterocycles. The number of carbonyl (C=O) groups is 1. The van der Waals surface area contributed by atoms with E-state index in [0.29, 0.717) is 18.0 Å². The van der Waals surface area contributed by atoms with Gasteiger partial charge in [0.1, 0.15) is 10.6 Å². The van der Waals surface area contributed by atoms with Gasteiger partial charge in [0.15, 0.2) is 0 Å². The number of hydrogen-bond acceptors (Lipinski definition) is 6. The number of carbonyl (C=O) groups excluding carboxylic acids is 1. The van der Waals surface area contributed by atoms with Crippen LogP contribution in [-0.2, 0) is 21.4 Å². The standard InChI is InChI=1S/C23H29N3O5S/c1-31-20-10-8-18(9-11-20)14-25-17-23(28)26(16-19(27)15-24-12-4-5-13-24)21-6-2-3-7-22(21)32(25,29)30/h2-3,6-11,19,27H,4-5,12-17H2,1H3. The molecule has 0 bridgehead atoms. The van der Waals surface area contributed by atoms with E-state index in [-0.39, 0.29) is 30.4 Å². The number of methoxy groups -OCH3 is 1. The van der Waals surface area contributed by atoms with E-state index in [1.165, 1.54) is 15.3 Å². The van der Waals surface area contributed by atoms with Crippen LogP contribution in [0.1, 0.15) is 18.4 Å². The van der Waals surface area contributed by atoms with Gasteiger partial charge in [0, 0.05) is 13.1 Å². The molecule has 172 valence electrons. The summed E-state index contributed by atoms with van der Waals surface area (Å²) in [5.74, 6) is 0.319. The molecule has 1 atom stereocenters. The summed E-state index contributed by atoms with van der Waals surface area (Å²) in [5, 5.41) is 10.7. The van der Waals surface area contributed by atoms with Gasteiger partial charge in [-0.3, -0.25) is 4.79 Å². The fourth-order valence-electron chi connectivity index (χ4n) is 4.30. The Kier molecular flexibility index (Phi) is 6.80. The number of β-amino-alcohol motifs (C(OH)–C–C–N with tert-alkyl or cyclic N) is 1. The number of ether oxygens (including phenoxy) is 1. The molecule has 1 amide bonds. The SMILES string of the molecule is COc1ccc(CN2CC(=O)N(CC(O)CN3CCCC3)c3ccccc3S2(=O)=O)cc1. The van der Waals surface area contributed by atoms with Gasteiger partial charge < -0.3 is 19.6 Å². The summed E-state index contributed by atoms with van der Waals surface area (Å²) >= 11 is 0. The van der Waals surface area contributed by atoms with Gasteiger partial charge in [-0.25, -0.2) is 8.42 Å². The van der Waals surface area contributed by atoms with Crippen LogP contribution < -0.4 is 9.64 Å². The molecule has 4 rings (SSSR count). The quantitative estimate of drug-likeness (QED) is 0.678. The minimum Gasteiger partial charge on any atom is -0.497 e. The molecule has 0 radical (unpaired) electrons. The summed E-state index contributed by atoms with van der Waals surface area (Å²) in [5.41, 5.74) is 1.07. The number of aliphatic hydroxyl groups is 1. The average molecular weight is 460 g/mol. The third-order valence-electron chi connectivity index (χ3n) is 5.97. The lowest BCUT2D eigenvalue weighted by Gasteiger charge is -2.27. The zero-order valence-corrected chi connectivity index (χ0v) is 19.0. The van der Waals surface area contributed by atoms with Gasteiger partial charge in [0.2, 0.25) is 15.9 Å². The molecule has 0 spiro atoms. The van der Waals surface area contributed by atoms with Crippen LogP contribution in [0.3, 0.4) is 0 Å². The summed E-state index contributed by atoms with van der Waals surface area (Å²) in [6.45, 7) is 2.17. The van der Waals surface area contributed by atoms with Gasteiger partial charge in [-0.2, -0.15) is 4.31 Å². The Bertz CT molecular complexity index is 1050. The normalized spacial score (nSPS) is 20.1. The molecule has 32 heavy (non-hydrogen) atoms. The molecule has 2 aliphatic rings. The Morgan fingerprint density at radius 3 is 2.41 bits per heavy atom. The fourth-order valence-corrected chi connectivity index (χ4v) is 5.87. The van der Waals surface area contributed by atoms with Crippen molar-refractivity contribution in [3.63, 3.8) is 0 Å². The van der Waals surface area contributed by atoms with E-state index in [1.54, 1.807) is 49.6 Å². The van der Waals surface area contributed by atoms with E-state index in [2.05, 4.69) is 4.90 Å². The number of amides is 1. The van der Waals surface area contributed by atoms with E-state index >= 15 is 0 Å². The van der Waals surface area contributed by atoms with Gasteiger partial charge in [-0.05, 0) is 55.8 Å². The number of fused-ring (bicyclic) bond motifs is 1. The van der Waals surface area contributed by atoms with Crippen molar-refractivity contribution >= 4 is 21.6 Å². The van der Waals surface area contributed by atoms with Crippen LogP contribution in [0.15, 0.2) is 53.4 Å². The number of likely N-dealkylation sites (tertiary alicyclic amines) is 1. The molecule has 2 aromatic rings. The van der Waals surface area contributed by atoms with Crippen molar-refractivity contribution in [3.05, 3.63) is 54.1 Å². The number of sulfonamides is 1. The summed E-state index contributed by atoms with van der Waals surface area (Å²) in [6.07, 6.45) is 1.45. The zero-order valence-electron chi connectivity index (χ0n) is 18.2. The molecule has 0 saturated carbocycles. The summed E-state index contributed by atoms with van der Waals surface area (Å²) in [4.78, 5) is 16.9. The Morgan fingerprint density at radius 1 is 1.03 bits per heavy atom. The van der Waals surface area contributed by atoms with Crippen LogP contribution in [0.2, 0.25) is 0 Å². The summed E-state index contributed by atoms with van der Waals surface area (Å²) in [7, 11) is -2.34. The van der Waals surface area contributed by atoms with E-state index < -0.39 is 16.1 Å². The van der Waals surface area contributed by atoms with Crippen molar-refractivity contribution in [1.82, 2.24) is 9.21 Å². The molecule has 2 heterocycles. The van der Waals surface area contributed by atoms with E-state index in [1.807, 2.05) is 0 Å². The lowest BCUT2D eigenvalue weighted by atomic mass is 10.2. The maximum absolute atomic E-state index is 13.5. The molecule has 0 aliphatic carbocycles. The predicted molar refractivity (Wildman–Crippen MR) is 121 cm³/mol. The predicted octanol–water partition coefficient (Wildman–Crippen LogP) is 1.69. The number of aliphatic hydroxyl groups excluding tert-OH is 1. The third-order valence-corrected chi connectivity index (χ3v) is 7.80. The lowest BCUT2D eigenvalue weighted by molar-refractivity contribution is -0.119. The first kappa shape index (κ1) is 22.7. The second-order valence-electron chi connectivity index (χ2n) is 8.25. The van der Waals surface area contributed by atoms with Crippen LogP contribution in [0.5, 0.6) is 5.75 Å².